The molecule has 4 rings (SSSR count). The number of halogens is 3. The summed E-state index contributed by atoms with van der Waals surface area (Å²) in [5.74, 6) is -1.69. The first kappa shape index (κ1) is 19.6. The third-order valence-corrected chi connectivity index (χ3v) is 5.41. The summed E-state index contributed by atoms with van der Waals surface area (Å²) in [6, 6.07) is 9.32. The molecule has 0 amide bonds. The van der Waals surface area contributed by atoms with Gasteiger partial charge in [-0.2, -0.15) is 5.10 Å². The molecule has 29 heavy (non-hydrogen) atoms. The van der Waals surface area contributed by atoms with Gasteiger partial charge in [-0.25, -0.2) is 17.8 Å². The number of hydrogen-bond acceptors (Lipinski definition) is 4. The van der Waals surface area contributed by atoms with Gasteiger partial charge in [0.1, 0.15) is 17.5 Å². The van der Waals surface area contributed by atoms with Gasteiger partial charge in [-0.05, 0) is 49.2 Å². The Kier molecular flexibility index (Phi) is 5.92. The zero-order chi connectivity index (χ0) is 20.2. The normalized spacial score (nSPS) is 17.5. The van der Waals surface area contributed by atoms with Crippen molar-refractivity contribution >= 4 is 17.6 Å². The van der Waals surface area contributed by atoms with E-state index < -0.39 is 11.6 Å². The summed E-state index contributed by atoms with van der Waals surface area (Å²) in [7, 11) is 0. The molecular formula is C21H18F3N3OS. The van der Waals surface area contributed by atoms with Crippen molar-refractivity contribution in [3.05, 3.63) is 75.7 Å². The topological polar surface area (TPSA) is 38.9 Å². The summed E-state index contributed by atoms with van der Waals surface area (Å²) in [5, 5.41) is 6.24. The van der Waals surface area contributed by atoms with Crippen LogP contribution in [0.1, 0.15) is 18.4 Å². The second-order valence-electron chi connectivity index (χ2n) is 6.61. The molecule has 1 aromatic heterocycles. The smallest absolute Gasteiger partial charge is 0.206 e. The minimum Gasteiger partial charge on any atom is -0.376 e. The maximum atomic E-state index is 14.0. The lowest BCUT2D eigenvalue weighted by atomic mass is 10.2. The van der Waals surface area contributed by atoms with Gasteiger partial charge in [0.05, 0.1) is 24.6 Å². The Labute approximate surface area is 169 Å². The van der Waals surface area contributed by atoms with E-state index in [2.05, 4.69) is 10.1 Å². The van der Waals surface area contributed by atoms with Crippen LogP contribution in [0, 0.1) is 17.5 Å². The van der Waals surface area contributed by atoms with Crippen LogP contribution in [0.5, 0.6) is 0 Å². The van der Waals surface area contributed by atoms with E-state index >= 15 is 0 Å². The quantitative estimate of drug-likeness (QED) is 0.560. The molecule has 1 saturated heterocycles. The fourth-order valence-corrected chi connectivity index (χ4v) is 3.88. The largest absolute Gasteiger partial charge is 0.376 e. The number of ether oxygens (including phenoxy) is 1. The molecule has 1 atom stereocenters. The van der Waals surface area contributed by atoms with Crippen LogP contribution in [0.2, 0.25) is 0 Å². The van der Waals surface area contributed by atoms with E-state index in [1.807, 2.05) is 5.38 Å². The molecule has 0 spiro atoms. The maximum absolute atomic E-state index is 14.0. The Morgan fingerprint density at radius 2 is 1.90 bits per heavy atom. The van der Waals surface area contributed by atoms with Crippen LogP contribution < -0.4 is 4.80 Å². The highest BCUT2D eigenvalue weighted by atomic mass is 32.1. The van der Waals surface area contributed by atoms with Gasteiger partial charge in [0, 0.05) is 29.2 Å². The van der Waals surface area contributed by atoms with Crippen molar-refractivity contribution in [3.8, 4) is 11.3 Å². The molecule has 0 saturated carbocycles. The lowest BCUT2D eigenvalue weighted by Crippen LogP contribution is -2.17. The monoisotopic (exact) mass is 417 g/mol. The van der Waals surface area contributed by atoms with Crippen LogP contribution in [0.15, 0.2) is 57.9 Å². The highest BCUT2D eigenvalue weighted by Gasteiger charge is 2.15. The third-order valence-electron chi connectivity index (χ3n) is 4.55. The highest BCUT2D eigenvalue weighted by Crippen LogP contribution is 2.21. The van der Waals surface area contributed by atoms with E-state index in [-0.39, 0.29) is 17.5 Å². The first-order chi connectivity index (χ1) is 14.1. The van der Waals surface area contributed by atoms with Gasteiger partial charge in [0.2, 0.25) is 4.80 Å². The molecule has 8 heteroatoms. The van der Waals surface area contributed by atoms with Crippen molar-refractivity contribution in [2.45, 2.75) is 18.9 Å². The average Bonchev–Trinajstić information content (AvgIpc) is 3.36. The van der Waals surface area contributed by atoms with Gasteiger partial charge in [-0.1, -0.05) is 0 Å². The van der Waals surface area contributed by atoms with E-state index in [0.717, 1.165) is 31.1 Å². The number of hydrogen-bond donors (Lipinski definition) is 0. The predicted molar refractivity (Wildman–Crippen MR) is 106 cm³/mol. The molecule has 1 aliphatic heterocycles. The van der Waals surface area contributed by atoms with Gasteiger partial charge < -0.3 is 4.74 Å². The molecule has 0 unspecified atom stereocenters. The van der Waals surface area contributed by atoms with Gasteiger partial charge >= 0.3 is 0 Å². The van der Waals surface area contributed by atoms with Crippen LogP contribution in [0.3, 0.4) is 0 Å². The molecule has 2 heterocycles. The first-order valence-corrected chi connectivity index (χ1v) is 10.1. The summed E-state index contributed by atoms with van der Waals surface area (Å²) in [4.78, 5) is 5.23. The molecule has 0 aliphatic carbocycles. The number of benzene rings is 2. The van der Waals surface area contributed by atoms with Crippen molar-refractivity contribution in [2.75, 3.05) is 13.2 Å². The predicted octanol–water partition coefficient (Wildman–Crippen LogP) is 4.60. The molecule has 0 bridgehead atoms. The van der Waals surface area contributed by atoms with Crippen LogP contribution in [-0.2, 0) is 4.74 Å². The molecule has 1 aliphatic rings. The Balaban J connectivity index is 1.73. The molecule has 3 aromatic rings. The molecular weight excluding hydrogens is 399 g/mol. The average molecular weight is 417 g/mol. The van der Waals surface area contributed by atoms with Crippen molar-refractivity contribution in [2.24, 2.45) is 10.1 Å². The van der Waals surface area contributed by atoms with Gasteiger partial charge in [0.25, 0.3) is 0 Å². The summed E-state index contributed by atoms with van der Waals surface area (Å²) in [6.07, 6.45) is 3.38. The first-order valence-electron chi connectivity index (χ1n) is 9.18. The molecule has 4 nitrogen and oxygen atoms in total. The number of nitrogens with zero attached hydrogens (tertiary/aromatic N) is 3. The van der Waals surface area contributed by atoms with Crippen LogP contribution >= 0.6 is 11.3 Å². The van der Waals surface area contributed by atoms with Crippen molar-refractivity contribution in [3.63, 3.8) is 0 Å². The minimum absolute atomic E-state index is 0.0818. The molecule has 0 radical (unpaired) electrons. The van der Waals surface area contributed by atoms with Crippen LogP contribution in [-0.4, -0.2) is 30.1 Å². The van der Waals surface area contributed by atoms with Crippen molar-refractivity contribution < 1.29 is 17.9 Å². The summed E-state index contributed by atoms with van der Waals surface area (Å²) in [5.41, 5.74) is 1.60. The number of rotatable bonds is 5. The summed E-state index contributed by atoms with van der Waals surface area (Å²) >= 11 is 1.38. The Hall–Kier alpha value is -2.71. The van der Waals surface area contributed by atoms with Gasteiger partial charge in [0.15, 0.2) is 0 Å². The summed E-state index contributed by atoms with van der Waals surface area (Å²) in [6.45, 7) is 1.25. The second-order valence-corrected chi connectivity index (χ2v) is 7.44. The summed E-state index contributed by atoms with van der Waals surface area (Å²) < 4.78 is 47.6. The maximum Gasteiger partial charge on any atom is 0.206 e. The third kappa shape index (κ3) is 4.65. The zero-order valence-corrected chi connectivity index (χ0v) is 16.2. The molecule has 2 aromatic carbocycles. The van der Waals surface area contributed by atoms with E-state index in [1.165, 1.54) is 41.8 Å². The lowest BCUT2D eigenvalue weighted by molar-refractivity contribution is 0.117. The van der Waals surface area contributed by atoms with E-state index in [4.69, 9.17) is 4.74 Å². The molecule has 0 N–H and O–H groups in total. The van der Waals surface area contributed by atoms with Crippen molar-refractivity contribution in [1.29, 1.82) is 0 Å². The fourth-order valence-electron chi connectivity index (χ4n) is 3.03. The zero-order valence-electron chi connectivity index (χ0n) is 15.4. The number of thiazole rings is 1. The molecule has 1 fully saturated rings. The Bertz CT molecular complexity index is 1080. The SMILES string of the molecule is Fc1ccc(-c2csc(=NC[C@H]3CCCO3)n2/N=C\c2ccc(F)cc2F)cc1. The number of aromatic nitrogens is 1. The minimum atomic E-state index is -0.703. The van der Waals surface area contributed by atoms with E-state index in [0.29, 0.717) is 17.0 Å². The van der Waals surface area contributed by atoms with Crippen LogP contribution in [0.25, 0.3) is 11.3 Å². The van der Waals surface area contributed by atoms with Crippen LogP contribution in [0.4, 0.5) is 13.2 Å². The van der Waals surface area contributed by atoms with E-state index in [1.54, 1.807) is 16.8 Å². The van der Waals surface area contributed by atoms with Crippen molar-refractivity contribution in [1.82, 2.24) is 4.68 Å². The lowest BCUT2D eigenvalue weighted by Gasteiger charge is -2.06. The molecule has 150 valence electrons. The highest BCUT2D eigenvalue weighted by molar-refractivity contribution is 7.07. The second kappa shape index (κ2) is 8.75. The Morgan fingerprint density at radius 3 is 2.62 bits per heavy atom. The van der Waals surface area contributed by atoms with Gasteiger partial charge in [-0.15, -0.1) is 11.3 Å². The Morgan fingerprint density at radius 1 is 1.10 bits per heavy atom. The van der Waals surface area contributed by atoms with E-state index in [9.17, 15) is 13.2 Å². The standard InChI is InChI=1S/C21H18F3N3OS/c22-16-6-3-14(4-7-16)20-13-29-21(25-12-18-2-1-9-28-18)27(20)26-11-15-5-8-17(23)10-19(15)24/h3-8,10-11,13,18H,1-2,9,12H2/b25-21?,26-11-/t18-/m1/s1. The van der Waals surface area contributed by atoms with Gasteiger partial charge in [-0.3, -0.25) is 4.99 Å². The fraction of sp³-hybridized carbons (Fsp3) is 0.238.